The van der Waals surface area contributed by atoms with E-state index in [-0.39, 0.29) is 24.0 Å². The predicted octanol–water partition coefficient (Wildman–Crippen LogP) is 2.94. The fourth-order valence-corrected chi connectivity index (χ4v) is 4.87. The Bertz CT molecular complexity index is 805. The molecule has 30 heavy (non-hydrogen) atoms. The summed E-state index contributed by atoms with van der Waals surface area (Å²) in [6.45, 7) is 9.17. The first-order valence-electron chi connectivity index (χ1n) is 10.6. The van der Waals surface area contributed by atoms with Crippen LogP contribution < -0.4 is 15.1 Å². The third-order valence-electron chi connectivity index (χ3n) is 5.79. The molecule has 1 aromatic carbocycles. The van der Waals surface area contributed by atoms with Crippen molar-refractivity contribution in [3.8, 4) is 0 Å². The Kier molecular flexibility index (Phi) is 8.55. The van der Waals surface area contributed by atoms with Gasteiger partial charge in [-0.1, -0.05) is 25.1 Å². The zero-order valence-electron chi connectivity index (χ0n) is 17.8. The SMILES string of the molecule is CCc1nsc(N2CCN(C(=NC)NCC3CCN(c4ccccc4)C3)CC2)n1.I. The summed E-state index contributed by atoms with van der Waals surface area (Å²) in [6.07, 6.45) is 2.12. The highest BCUT2D eigenvalue weighted by molar-refractivity contribution is 14.0. The number of halogens is 1. The molecule has 0 radical (unpaired) electrons. The molecule has 2 aromatic rings. The van der Waals surface area contributed by atoms with Crippen LogP contribution in [0.15, 0.2) is 35.3 Å². The minimum absolute atomic E-state index is 0. The molecule has 4 rings (SSSR count). The Balaban J connectivity index is 0.00000256. The average molecular weight is 542 g/mol. The van der Waals surface area contributed by atoms with Crippen LogP contribution >= 0.6 is 35.5 Å². The maximum Gasteiger partial charge on any atom is 0.205 e. The molecule has 0 bridgehead atoms. The van der Waals surface area contributed by atoms with Crippen LogP contribution in [0.1, 0.15) is 19.2 Å². The summed E-state index contributed by atoms with van der Waals surface area (Å²) in [5, 5.41) is 4.68. The van der Waals surface area contributed by atoms with E-state index >= 15 is 0 Å². The molecule has 1 aromatic heterocycles. The number of aryl methyl sites for hydroxylation is 1. The lowest BCUT2D eigenvalue weighted by Crippen LogP contribution is -2.53. The largest absolute Gasteiger partial charge is 0.371 e. The first-order chi connectivity index (χ1) is 14.3. The molecule has 2 aliphatic rings. The third-order valence-corrected chi connectivity index (χ3v) is 6.61. The first kappa shape index (κ1) is 23.1. The van der Waals surface area contributed by atoms with Gasteiger partial charge < -0.3 is 20.0 Å². The van der Waals surface area contributed by atoms with Gasteiger partial charge in [0.05, 0.1) is 0 Å². The number of para-hydroxylation sites is 1. The van der Waals surface area contributed by atoms with Gasteiger partial charge in [0.1, 0.15) is 5.82 Å². The highest BCUT2D eigenvalue weighted by Crippen LogP contribution is 2.23. The van der Waals surface area contributed by atoms with E-state index < -0.39 is 0 Å². The van der Waals surface area contributed by atoms with Gasteiger partial charge in [-0.25, -0.2) is 4.98 Å². The standard InChI is InChI=1S/C21H31N7S.HI/c1-3-19-24-21(29-25-19)27-13-11-26(12-14-27)20(22-2)23-15-17-9-10-28(16-17)18-7-5-4-6-8-18;/h4-8,17H,3,9-16H2,1-2H3,(H,22,23);1H. The van der Waals surface area contributed by atoms with Crippen LogP contribution in [0.2, 0.25) is 0 Å². The lowest BCUT2D eigenvalue weighted by Gasteiger charge is -2.36. The summed E-state index contributed by atoms with van der Waals surface area (Å²) in [5.74, 6) is 2.63. The number of nitrogens with one attached hydrogen (secondary N) is 1. The van der Waals surface area contributed by atoms with E-state index in [0.717, 1.165) is 69.1 Å². The molecular formula is C21H32IN7S. The quantitative estimate of drug-likeness (QED) is 0.357. The Labute approximate surface area is 200 Å². The van der Waals surface area contributed by atoms with Crippen molar-refractivity contribution < 1.29 is 0 Å². The number of hydrogen-bond donors (Lipinski definition) is 1. The number of aliphatic imine (C=N–C) groups is 1. The molecule has 164 valence electrons. The van der Waals surface area contributed by atoms with Crippen molar-refractivity contribution in [2.24, 2.45) is 10.9 Å². The molecule has 3 heterocycles. The van der Waals surface area contributed by atoms with Crippen LogP contribution in [-0.4, -0.2) is 73.1 Å². The fourth-order valence-electron chi connectivity index (χ4n) is 4.07. The molecule has 1 N–H and O–H groups in total. The first-order valence-corrected chi connectivity index (χ1v) is 11.4. The van der Waals surface area contributed by atoms with Crippen LogP contribution in [0, 0.1) is 5.92 Å². The van der Waals surface area contributed by atoms with Crippen molar-refractivity contribution in [2.75, 3.05) is 62.7 Å². The van der Waals surface area contributed by atoms with Crippen molar-refractivity contribution in [3.05, 3.63) is 36.2 Å². The van der Waals surface area contributed by atoms with Crippen molar-refractivity contribution >= 4 is 52.3 Å². The van der Waals surface area contributed by atoms with Crippen LogP contribution in [0.25, 0.3) is 0 Å². The zero-order chi connectivity index (χ0) is 20.1. The van der Waals surface area contributed by atoms with E-state index in [1.165, 1.54) is 23.6 Å². The summed E-state index contributed by atoms with van der Waals surface area (Å²) < 4.78 is 4.42. The monoisotopic (exact) mass is 541 g/mol. The van der Waals surface area contributed by atoms with Gasteiger partial charge in [0.2, 0.25) is 5.13 Å². The van der Waals surface area contributed by atoms with Gasteiger partial charge in [-0.2, -0.15) is 4.37 Å². The van der Waals surface area contributed by atoms with Gasteiger partial charge in [0.15, 0.2) is 5.96 Å². The van der Waals surface area contributed by atoms with Gasteiger partial charge in [-0.15, -0.1) is 24.0 Å². The second-order valence-electron chi connectivity index (χ2n) is 7.69. The number of guanidine groups is 1. The van der Waals surface area contributed by atoms with E-state index in [2.05, 4.69) is 71.6 Å². The molecule has 0 saturated carbocycles. The molecule has 2 fully saturated rings. The van der Waals surface area contributed by atoms with Gasteiger partial charge in [0, 0.05) is 76.5 Å². The van der Waals surface area contributed by atoms with Gasteiger partial charge in [-0.3, -0.25) is 4.99 Å². The second kappa shape index (κ2) is 11.1. The second-order valence-corrected chi connectivity index (χ2v) is 8.42. The Morgan fingerprint density at radius 3 is 2.57 bits per heavy atom. The fraction of sp³-hybridized carbons (Fsp3) is 0.571. The smallest absolute Gasteiger partial charge is 0.205 e. The Hall–Kier alpha value is -1.62. The highest BCUT2D eigenvalue weighted by Gasteiger charge is 2.25. The number of aromatic nitrogens is 2. The molecule has 2 aliphatic heterocycles. The summed E-state index contributed by atoms with van der Waals surface area (Å²) >= 11 is 1.52. The van der Waals surface area contributed by atoms with Crippen LogP contribution in [0.4, 0.5) is 10.8 Å². The molecular weight excluding hydrogens is 509 g/mol. The Morgan fingerprint density at radius 2 is 1.90 bits per heavy atom. The van der Waals surface area contributed by atoms with Crippen molar-refractivity contribution in [1.82, 2.24) is 19.6 Å². The van der Waals surface area contributed by atoms with E-state index in [4.69, 9.17) is 0 Å². The molecule has 1 unspecified atom stereocenters. The molecule has 1 atom stereocenters. The van der Waals surface area contributed by atoms with E-state index in [1.807, 2.05) is 7.05 Å². The molecule has 2 saturated heterocycles. The van der Waals surface area contributed by atoms with E-state index in [9.17, 15) is 0 Å². The number of benzene rings is 1. The Morgan fingerprint density at radius 1 is 1.13 bits per heavy atom. The minimum Gasteiger partial charge on any atom is -0.371 e. The maximum atomic E-state index is 4.63. The summed E-state index contributed by atoms with van der Waals surface area (Å²) in [5.41, 5.74) is 1.33. The van der Waals surface area contributed by atoms with Crippen LogP contribution in [-0.2, 0) is 6.42 Å². The normalized spacial score (nSPS) is 19.7. The third kappa shape index (κ3) is 5.54. The molecule has 9 heteroatoms. The summed E-state index contributed by atoms with van der Waals surface area (Å²) in [6, 6.07) is 10.7. The zero-order valence-corrected chi connectivity index (χ0v) is 21.0. The summed E-state index contributed by atoms with van der Waals surface area (Å²) in [4.78, 5) is 16.4. The average Bonchev–Trinajstić information content (AvgIpc) is 3.45. The number of hydrogen-bond acceptors (Lipinski definition) is 6. The minimum atomic E-state index is 0. The van der Waals surface area contributed by atoms with Crippen molar-refractivity contribution in [2.45, 2.75) is 19.8 Å². The maximum absolute atomic E-state index is 4.63. The molecule has 0 amide bonds. The van der Waals surface area contributed by atoms with E-state index in [0.29, 0.717) is 5.92 Å². The molecule has 0 spiro atoms. The number of rotatable bonds is 5. The van der Waals surface area contributed by atoms with Crippen LogP contribution in [0.5, 0.6) is 0 Å². The number of anilines is 2. The van der Waals surface area contributed by atoms with Crippen molar-refractivity contribution in [1.29, 1.82) is 0 Å². The molecule has 0 aliphatic carbocycles. The van der Waals surface area contributed by atoms with Gasteiger partial charge >= 0.3 is 0 Å². The lowest BCUT2D eigenvalue weighted by molar-refractivity contribution is 0.369. The predicted molar refractivity (Wildman–Crippen MR) is 137 cm³/mol. The van der Waals surface area contributed by atoms with Gasteiger partial charge in [-0.05, 0) is 24.5 Å². The van der Waals surface area contributed by atoms with E-state index in [1.54, 1.807) is 0 Å². The number of nitrogens with zero attached hydrogens (tertiary/aromatic N) is 6. The van der Waals surface area contributed by atoms with Gasteiger partial charge in [0.25, 0.3) is 0 Å². The lowest BCUT2D eigenvalue weighted by atomic mass is 10.1. The highest BCUT2D eigenvalue weighted by atomic mass is 127. The van der Waals surface area contributed by atoms with Crippen LogP contribution in [0.3, 0.4) is 0 Å². The topological polar surface area (TPSA) is 59.9 Å². The molecule has 7 nitrogen and oxygen atoms in total. The summed E-state index contributed by atoms with van der Waals surface area (Å²) in [7, 11) is 1.89. The van der Waals surface area contributed by atoms with Crippen molar-refractivity contribution in [3.63, 3.8) is 0 Å². The number of piperazine rings is 1.